The molecule has 3 rings (SSSR count). The Morgan fingerprint density at radius 2 is 2.08 bits per heavy atom. The zero-order valence-corrected chi connectivity index (χ0v) is 14.7. The Morgan fingerprint density at radius 1 is 1.25 bits per heavy atom. The Balaban J connectivity index is 1.34. The summed E-state index contributed by atoms with van der Waals surface area (Å²) in [5, 5.41) is 3.08. The van der Waals surface area contributed by atoms with E-state index in [1.165, 1.54) is 24.9 Å². The van der Waals surface area contributed by atoms with Crippen molar-refractivity contribution >= 4 is 6.03 Å². The number of urea groups is 1. The van der Waals surface area contributed by atoms with E-state index >= 15 is 0 Å². The zero-order valence-electron chi connectivity index (χ0n) is 14.7. The first-order chi connectivity index (χ1) is 11.8. The Hall–Kier alpha value is -1.75. The van der Waals surface area contributed by atoms with Crippen LogP contribution in [0.4, 0.5) is 4.79 Å². The molecule has 5 nitrogen and oxygen atoms in total. The smallest absolute Gasteiger partial charge is 0.317 e. The van der Waals surface area contributed by atoms with Gasteiger partial charge in [-0.2, -0.15) is 0 Å². The molecule has 1 aromatic carbocycles. The molecule has 0 unspecified atom stereocenters. The van der Waals surface area contributed by atoms with Gasteiger partial charge >= 0.3 is 6.03 Å². The molecule has 2 saturated heterocycles. The SMILES string of the molecule is CCOc1ccc(CCCNC(=O)N2CCN3CCC[C@@H]3C2)cc1. The van der Waals surface area contributed by atoms with Crippen LogP contribution in [0.25, 0.3) is 0 Å². The summed E-state index contributed by atoms with van der Waals surface area (Å²) in [4.78, 5) is 16.8. The van der Waals surface area contributed by atoms with Crippen molar-refractivity contribution in [2.75, 3.05) is 39.3 Å². The summed E-state index contributed by atoms with van der Waals surface area (Å²) in [5.74, 6) is 0.917. The first-order valence-corrected chi connectivity index (χ1v) is 9.25. The summed E-state index contributed by atoms with van der Waals surface area (Å²) in [5.41, 5.74) is 1.28. The number of ether oxygens (including phenoxy) is 1. The van der Waals surface area contributed by atoms with E-state index in [2.05, 4.69) is 22.3 Å². The third-order valence-corrected chi connectivity index (χ3v) is 5.03. The highest BCUT2D eigenvalue weighted by molar-refractivity contribution is 5.74. The van der Waals surface area contributed by atoms with Gasteiger partial charge in [0.05, 0.1) is 6.61 Å². The van der Waals surface area contributed by atoms with Crippen LogP contribution in [0.1, 0.15) is 31.7 Å². The number of aryl methyl sites for hydroxylation is 1. The topological polar surface area (TPSA) is 44.8 Å². The second kappa shape index (κ2) is 8.38. The number of benzene rings is 1. The highest BCUT2D eigenvalue weighted by atomic mass is 16.5. The largest absolute Gasteiger partial charge is 0.494 e. The molecule has 1 aromatic rings. The molecule has 24 heavy (non-hydrogen) atoms. The summed E-state index contributed by atoms with van der Waals surface area (Å²) >= 11 is 0. The first-order valence-electron chi connectivity index (χ1n) is 9.25. The molecule has 1 atom stereocenters. The summed E-state index contributed by atoms with van der Waals surface area (Å²) < 4.78 is 5.45. The van der Waals surface area contributed by atoms with E-state index in [4.69, 9.17) is 4.74 Å². The summed E-state index contributed by atoms with van der Waals surface area (Å²) in [6.07, 6.45) is 4.45. The Morgan fingerprint density at radius 3 is 2.88 bits per heavy atom. The van der Waals surface area contributed by atoms with Gasteiger partial charge in [0.2, 0.25) is 0 Å². The first kappa shape index (κ1) is 17.1. The van der Waals surface area contributed by atoms with E-state index in [0.717, 1.165) is 44.8 Å². The number of nitrogens with one attached hydrogen (secondary N) is 1. The van der Waals surface area contributed by atoms with Gasteiger partial charge in [0.1, 0.15) is 5.75 Å². The lowest BCUT2D eigenvalue weighted by atomic mass is 10.1. The van der Waals surface area contributed by atoms with Crippen molar-refractivity contribution in [2.45, 2.75) is 38.6 Å². The summed E-state index contributed by atoms with van der Waals surface area (Å²) in [6.45, 7) is 7.42. The second-order valence-electron chi connectivity index (χ2n) is 6.69. The van der Waals surface area contributed by atoms with Crippen LogP contribution in [0.2, 0.25) is 0 Å². The summed E-state index contributed by atoms with van der Waals surface area (Å²) in [7, 11) is 0. The molecule has 2 fully saturated rings. The highest BCUT2D eigenvalue weighted by Crippen LogP contribution is 2.21. The molecule has 2 aliphatic heterocycles. The molecule has 2 amide bonds. The van der Waals surface area contributed by atoms with Gasteiger partial charge in [-0.25, -0.2) is 4.79 Å². The van der Waals surface area contributed by atoms with E-state index in [-0.39, 0.29) is 6.03 Å². The van der Waals surface area contributed by atoms with Gasteiger partial charge < -0.3 is 15.0 Å². The van der Waals surface area contributed by atoms with Gasteiger partial charge in [-0.15, -0.1) is 0 Å². The van der Waals surface area contributed by atoms with Gasteiger partial charge in [0, 0.05) is 32.2 Å². The highest BCUT2D eigenvalue weighted by Gasteiger charge is 2.32. The van der Waals surface area contributed by atoms with E-state index in [1.54, 1.807) is 0 Å². The summed E-state index contributed by atoms with van der Waals surface area (Å²) in [6, 6.07) is 8.93. The second-order valence-corrected chi connectivity index (χ2v) is 6.69. The maximum Gasteiger partial charge on any atom is 0.317 e. The molecule has 2 heterocycles. The predicted molar refractivity (Wildman–Crippen MR) is 95.5 cm³/mol. The Bertz CT molecular complexity index is 532. The molecule has 0 spiro atoms. The van der Waals surface area contributed by atoms with Crippen LogP contribution in [0, 0.1) is 0 Å². The lowest BCUT2D eigenvalue weighted by Gasteiger charge is -2.37. The van der Waals surface area contributed by atoms with Crippen LogP contribution in [-0.4, -0.2) is 61.2 Å². The molecule has 0 aromatic heterocycles. The molecule has 0 radical (unpaired) electrons. The quantitative estimate of drug-likeness (QED) is 0.815. The van der Waals surface area contributed by atoms with Crippen molar-refractivity contribution in [3.05, 3.63) is 29.8 Å². The van der Waals surface area contributed by atoms with Crippen LogP contribution >= 0.6 is 0 Å². The molecule has 2 aliphatic rings. The van der Waals surface area contributed by atoms with Crippen molar-refractivity contribution in [3.63, 3.8) is 0 Å². The average Bonchev–Trinajstić information content (AvgIpc) is 3.08. The normalized spacial score (nSPS) is 20.7. The van der Waals surface area contributed by atoms with Crippen LogP contribution in [0.3, 0.4) is 0 Å². The van der Waals surface area contributed by atoms with Crippen LogP contribution in [0.5, 0.6) is 5.75 Å². The van der Waals surface area contributed by atoms with Crippen molar-refractivity contribution in [2.24, 2.45) is 0 Å². The lowest BCUT2D eigenvalue weighted by Crippen LogP contribution is -2.54. The van der Waals surface area contributed by atoms with Crippen LogP contribution in [-0.2, 0) is 6.42 Å². The number of piperazine rings is 1. The number of rotatable bonds is 6. The van der Waals surface area contributed by atoms with Gasteiger partial charge in [-0.1, -0.05) is 12.1 Å². The van der Waals surface area contributed by atoms with E-state index < -0.39 is 0 Å². The molecule has 132 valence electrons. The molecule has 5 heteroatoms. The van der Waals surface area contributed by atoms with Crippen molar-refractivity contribution in [1.29, 1.82) is 0 Å². The number of amides is 2. The number of hydrogen-bond acceptors (Lipinski definition) is 3. The average molecular weight is 331 g/mol. The number of nitrogens with zero attached hydrogens (tertiary/aromatic N) is 2. The van der Waals surface area contributed by atoms with E-state index in [9.17, 15) is 4.79 Å². The molecule has 1 N–H and O–H groups in total. The number of hydrogen-bond donors (Lipinski definition) is 1. The molecule has 0 bridgehead atoms. The van der Waals surface area contributed by atoms with E-state index in [0.29, 0.717) is 12.6 Å². The molecular weight excluding hydrogens is 302 g/mol. The number of carbonyl (C=O) groups is 1. The minimum atomic E-state index is 0.105. The monoisotopic (exact) mass is 331 g/mol. The maximum atomic E-state index is 12.3. The zero-order chi connectivity index (χ0) is 16.8. The lowest BCUT2D eigenvalue weighted by molar-refractivity contribution is 0.117. The van der Waals surface area contributed by atoms with Gasteiger partial charge in [-0.05, 0) is 56.8 Å². The van der Waals surface area contributed by atoms with Crippen LogP contribution in [0.15, 0.2) is 24.3 Å². The number of fused-ring (bicyclic) bond motifs is 1. The van der Waals surface area contributed by atoms with Crippen LogP contribution < -0.4 is 10.1 Å². The third kappa shape index (κ3) is 4.41. The van der Waals surface area contributed by atoms with E-state index in [1.807, 2.05) is 24.0 Å². The van der Waals surface area contributed by atoms with Crippen molar-refractivity contribution < 1.29 is 9.53 Å². The fourth-order valence-electron chi connectivity index (χ4n) is 3.69. The minimum absolute atomic E-state index is 0.105. The van der Waals surface area contributed by atoms with Gasteiger partial charge in [-0.3, -0.25) is 4.90 Å². The molecule has 0 aliphatic carbocycles. The Labute approximate surface area is 145 Å². The van der Waals surface area contributed by atoms with Crippen molar-refractivity contribution in [1.82, 2.24) is 15.1 Å². The maximum absolute atomic E-state index is 12.3. The van der Waals surface area contributed by atoms with Gasteiger partial charge in [0.15, 0.2) is 0 Å². The standard InChI is InChI=1S/C19H29N3O2/c1-2-24-18-9-7-16(8-10-18)5-3-11-20-19(23)22-14-13-21-12-4-6-17(21)15-22/h7-10,17H,2-6,11-15H2,1H3,(H,20,23)/t17-/m1/s1. The van der Waals surface area contributed by atoms with Gasteiger partial charge in [0.25, 0.3) is 0 Å². The van der Waals surface area contributed by atoms with Crippen molar-refractivity contribution in [3.8, 4) is 5.75 Å². The number of carbonyl (C=O) groups excluding carboxylic acids is 1. The molecular formula is C19H29N3O2. The minimum Gasteiger partial charge on any atom is -0.494 e. The predicted octanol–water partition coefficient (Wildman–Crippen LogP) is 2.51. The fraction of sp³-hybridized carbons (Fsp3) is 0.632. The molecule has 0 saturated carbocycles. The fourth-order valence-corrected chi connectivity index (χ4v) is 3.69. The third-order valence-electron chi connectivity index (χ3n) is 5.03. The Kier molecular flexibility index (Phi) is 5.96.